The number of hydrogen-bond acceptors (Lipinski definition) is 6. The topological polar surface area (TPSA) is 113 Å². The molecule has 0 bridgehead atoms. The zero-order chi connectivity index (χ0) is 21.3. The van der Waals surface area contributed by atoms with Gasteiger partial charge in [-0.3, -0.25) is 9.80 Å². The standard InChI is InChI=1S/C20H42N8O2/c29-19(25-11-17-27-13-7-21-8-14-27)23-5-3-1-2-4-6-24-20(30)26-12-18-28-15-9-22-10-16-28/h21-22H,1-18H2,(H2,23,25,29)(H2,24,26,30). The number of nitrogens with one attached hydrogen (secondary N) is 6. The van der Waals surface area contributed by atoms with Crippen LogP contribution in [-0.2, 0) is 0 Å². The van der Waals surface area contributed by atoms with Gasteiger partial charge in [0.1, 0.15) is 0 Å². The molecule has 2 aliphatic heterocycles. The van der Waals surface area contributed by atoms with Gasteiger partial charge in [-0.25, -0.2) is 9.59 Å². The first-order chi connectivity index (χ1) is 14.7. The number of urea groups is 2. The Hall–Kier alpha value is -1.62. The second-order valence-electron chi connectivity index (χ2n) is 7.96. The number of hydrogen-bond donors (Lipinski definition) is 6. The van der Waals surface area contributed by atoms with Crippen molar-refractivity contribution in [2.45, 2.75) is 25.7 Å². The molecule has 30 heavy (non-hydrogen) atoms. The van der Waals surface area contributed by atoms with Gasteiger partial charge in [-0.05, 0) is 12.8 Å². The molecule has 4 amide bonds. The lowest BCUT2D eigenvalue weighted by Gasteiger charge is -2.27. The van der Waals surface area contributed by atoms with Crippen LogP contribution < -0.4 is 31.9 Å². The van der Waals surface area contributed by atoms with E-state index in [9.17, 15) is 9.59 Å². The third-order valence-corrected chi connectivity index (χ3v) is 5.52. The summed E-state index contributed by atoms with van der Waals surface area (Å²) in [5, 5.41) is 18.3. The summed E-state index contributed by atoms with van der Waals surface area (Å²) in [7, 11) is 0. The summed E-state index contributed by atoms with van der Waals surface area (Å²) in [5.74, 6) is 0. The second-order valence-corrected chi connectivity index (χ2v) is 7.96. The molecule has 0 saturated carbocycles. The van der Waals surface area contributed by atoms with Crippen molar-refractivity contribution >= 4 is 12.1 Å². The van der Waals surface area contributed by atoms with E-state index in [1.807, 2.05) is 0 Å². The summed E-state index contributed by atoms with van der Waals surface area (Å²) in [6.07, 6.45) is 4.02. The largest absolute Gasteiger partial charge is 0.338 e. The summed E-state index contributed by atoms with van der Waals surface area (Å²) in [6, 6.07) is -0.159. The molecular weight excluding hydrogens is 384 g/mol. The van der Waals surface area contributed by atoms with Gasteiger partial charge in [-0.1, -0.05) is 12.8 Å². The molecule has 10 nitrogen and oxygen atoms in total. The summed E-state index contributed by atoms with van der Waals surface area (Å²) in [5.41, 5.74) is 0. The molecule has 0 aliphatic carbocycles. The molecule has 0 atom stereocenters. The van der Waals surface area contributed by atoms with E-state index < -0.39 is 0 Å². The minimum absolute atomic E-state index is 0.0794. The van der Waals surface area contributed by atoms with Crippen molar-refractivity contribution in [3.05, 3.63) is 0 Å². The third-order valence-electron chi connectivity index (χ3n) is 5.52. The fourth-order valence-electron chi connectivity index (χ4n) is 3.66. The van der Waals surface area contributed by atoms with Gasteiger partial charge in [0.15, 0.2) is 0 Å². The predicted octanol–water partition coefficient (Wildman–Crippen LogP) is -1.04. The number of amides is 4. The van der Waals surface area contributed by atoms with E-state index in [0.29, 0.717) is 26.2 Å². The van der Waals surface area contributed by atoms with E-state index in [1.54, 1.807) is 0 Å². The van der Waals surface area contributed by atoms with Crippen LogP contribution in [-0.4, -0.2) is 113 Å². The molecule has 2 rings (SSSR count). The predicted molar refractivity (Wildman–Crippen MR) is 120 cm³/mol. The Bertz CT molecular complexity index is 426. The highest BCUT2D eigenvalue weighted by atomic mass is 16.2. The molecule has 2 aliphatic rings. The van der Waals surface area contributed by atoms with Gasteiger partial charge in [0.25, 0.3) is 0 Å². The van der Waals surface area contributed by atoms with Crippen molar-refractivity contribution in [1.82, 2.24) is 41.7 Å². The Morgan fingerprint density at radius 1 is 0.567 bits per heavy atom. The Morgan fingerprint density at radius 2 is 0.933 bits per heavy atom. The lowest BCUT2D eigenvalue weighted by molar-refractivity contribution is 0.226. The Labute approximate surface area is 181 Å². The highest BCUT2D eigenvalue weighted by Crippen LogP contribution is 1.98. The molecule has 0 aromatic rings. The fourth-order valence-corrected chi connectivity index (χ4v) is 3.66. The monoisotopic (exact) mass is 426 g/mol. The van der Waals surface area contributed by atoms with Crippen LogP contribution in [0.5, 0.6) is 0 Å². The van der Waals surface area contributed by atoms with Crippen LogP contribution in [0.4, 0.5) is 9.59 Å². The molecule has 0 aromatic carbocycles. The van der Waals surface area contributed by atoms with Crippen LogP contribution in [0.2, 0.25) is 0 Å². The molecule has 2 heterocycles. The van der Waals surface area contributed by atoms with E-state index in [0.717, 1.165) is 91.1 Å². The van der Waals surface area contributed by atoms with E-state index in [2.05, 4.69) is 41.7 Å². The smallest absolute Gasteiger partial charge is 0.314 e. The van der Waals surface area contributed by atoms with Gasteiger partial charge >= 0.3 is 12.1 Å². The summed E-state index contributed by atoms with van der Waals surface area (Å²) in [6.45, 7) is 12.9. The molecule has 2 saturated heterocycles. The van der Waals surface area contributed by atoms with Gasteiger partial charge in [-0.15, -0.1) is 0 Å². The first-order valence-corrected chi connectivity index (χ1v) is 11.6. The van der Waals surface area contributed by atoms with E-state index >= 15 is 0 Å². The average molecular weight is 427 g/mol. The number of rotatable bonds is 13. The fraction of sp³-hybridized carbons (Fsp3) is 0.900. The summed E-state index contributed by atoms with van der Waals surface area (Å²) >= 11 is 0. The van der Waals surface area contributed by atoms with Crippen molar-refractivity contribution in [3.8, 4) is 0 Å². The number of nitrogens with zero attached hydrogens (tertiary/aromatic N) is 2. The van der Waals surface area contributed by atoms with Gasteiger partial charge in [0, 0.05) is 91.6 Å². The van der Waals surface area contributed by atoms with Gasteiger partial charge in [0.05, 0.1) is 0 Å². The Balaban J connectivity index is 1.30. The molecule has 0 aromatic heterocycles. The Morgan fingerprint density at radius 3 is 1.33 bits per heavy atom. The molecule has 6 N–H and O–H groups in total. The summed E-state index contributed by atoms with van der Waals surface area (Å²) in [4.78, 5) is 28.3. The zero-order valence-corrected chi connectivity index (χ0v) is 18.4. The lowest BCUT2D eigenvalue weighted by Crippen LogP contribution is -2.47. The molecular formula is C20H42N8O2. The summed E-state index contributed by atoms with van der Waals surface area (Å²) < 4.78 is 0. The molecule has 174 valence electrons. The third kappa shape index (κ3) is 12.2. The van der Waals surface area contributed by atoms with Crippen LogP contribution in [0, 0.1) is 0 Å². The van der Waals surface area contributed by atoms with E-state index in [1.165, 1.54) is 0 Å². The van der Waals surface area contributed by atoms with Crippen LogP contribution in [0.1, 0.15) is 25.7 Å². The normalized spacial score (nSPS) is 18.0. The number of piperazine rings is 2. The first-order valence-electron chi connectivity index (χ1n) is 11.6. The van der Waals surface area contributed by atoms with Crippen LogP contribution in [0.15, 0.2) is 0 Å². The number of carbonyl (C=O) groups is 2. The Kier molecular flexibility index (Phi) is 13.2. The van der Waals surface area contributed by atoms with Crippen molar-refractivity contribution < 1.29 is 9.59 Å². The minimum atomic E-state index is -0.0794. The van der Waals surface area contributed by atoms with E-state index in [-0.39, 0.29) is 12.1 Å². The maximum atomic E-state index is 11.8. The molecule has 0 spiro atoms. The van der Waals surface area contributed by atoms with Gasteiger partial charge in [-0.2, -0.15) is 0 Å². The first kappa shape index (κ1) is 24.6. The van der Waals surface area contributed by atoms with Crippen molar-refractivity contribution in [1.29, 1.82) is 0 Å². The minimum Gasteiger partial charge on any atom is -0.338 e. The van der Waals surface area contributed by atoms with Crippen molar-refractivity contribution in [2.75, 3.05) is 91.6 Å². The SMILES string of the molecule is O=C(NCCCCCCNC(=O)NCCN1CCNCC1)NCCN1CCNCC1. The zero-order valence-electron chi connectivity index (χ0n) is 18.4. The van der Waals surface area contributed by atoms with Crippen molar-refractivity contribution in [2.24, 2.45) is 0 Å². The number of carbonyl (C=O) groups excluding carboxylic acids is 2. The van der Waals surface area contributed by atoms with E-state index in [4.69, 9.17) is 0 Å². The van der Waals surface area contributed by atoms with Gasteiger partial charge < -0.3 is 31.9 Å². The molecule has 2 fully saturated rings. The molecule has 10 heteroatoms. The second kappa shape index (κ2) is 16.1. The maximum absolute atomic E-state index is 11.8. The molecule has 0 radical (unpaired) electrons. The lowest BCUT2D eigenvalue weighted by atomic mass is 10.2. The maximum Gasteiger partial charge on any atom is 0.314 e. The van der Waals surface area contributed by atoms with Crippen LogP contribution in [0.25, 0.3) is 0 Å². The average Bonchev–Trinajstić information content (AvgIpc) is 2.77. The van der Waals surface area contributed by atoms with Crippen LogP contribution >= 0.6 is 0 Å². The highest BCUT2D eigenvalue weighted by molar-refractivity contribution is 5.74. The quantitative estimate of drug-likeness (QED) is 0.210. The van der Waals surface area contributed by atoms with Gasteiger partial charge in [0.2, 0.25) is 0 Å². The number of unbranched alkanes of at least 4 members (excludes halogenated alkanes) is 3. The van der Waals surface area contributed by atoms with Crippen LogP contribution in [0.3, 0.4) is 0 Å². The van der Waals surface area contributed by atoms with Crippen molar-refractivity contribution in [3.63, 3.8) is 0 Å². The molecule has 0 unspecified atom stereocenters. The highest BCUT2D eigenvalue weighted by Gasteiger charge is 2.10.